The Morgan fingerprint density at radius 3 is 2.20 bits per heavy atom. The van der Waals surface area contributed by atoms with E-state index in [2.05, 4.69) is 57.3 Å². The first-order valence-corrected chi connectivity index (χ1v) is 8.50. The van der Waals surface area contributed by atoms with E-state index < -0.39 is 0 Å². The lowest BCUT2D eigenvalue weighted by Crippen LogP contribution is -2.20. The molecule has 0 aromatic heterocycles. The average Bonchev–Trinajstić information content (AvgIpc) is 2.42. The minimum absolute atomic E-state index is 0.207. The summed E-state index contributed by atoms with van der Waals surface area (Å²) in [6, 6.07) is 9.32. The van der Waals surface area contributed by atoms with Gasteiger partial charge in [0.15, 0.2) is 0 Å². The summed E-state index contributed by atoms with van der Waals surface area (Å²) in [6.07, 6.45) is 0. The first kappa shape index (κ1) is 17.5. The Morgan fingerprint density at radius 1 is 1.15 bits per heavy atom. The fourth-order valence-corrected chi connectivity index (χ4v) is 3.24. The van der Waals surface area contributed by atoms with Gasteiger partial charge in [0.25, 0.3) is 0 Å². The molecule has 3 heteroatoms. The molecule has 0 aliphatic rings. The quantitative estimate of drug-likeness (QED) is 0.806. The van der Waals surface area contributed by atoms with Crippen LogP contribution in [0.15, 0.2) is 24.3 Å². The maximum atomic E-state index is 9.05. The van der Waals surface area contributed by atoms with Crippen LogP contribution in [0.5, 0.6) is 0 Å². The second kappa shape index (κ2) is 8.06. The predicted octanol–water partition coefficient (Wildman–Crippen LogP) is 3.61. The molecule has 2 atom stereocenters. The summed E-state index contributed by atoms with van der Waals surface area (Å²) in [4.78, 5) is 0. The van der Waals surface area contributed by atoms with Gasteiger partial charge in [-0.15, -0.1) is 0 Å². The van der Waals surface area contributed by atoms with Gasteiger partial charge in [-0.25, -0.2) is 0 Å². The van der Waals surface area contributed by atoms with Crippen LogP contribution in [0, 0.1) is 5.92 Å². The summed E-state index contributed by atoms with van der Waals surface area (Å²) in [5.41, 5.74) is 2.92. The topological polar surface area (TPSA) is 32.3 Å². The van der Waals surface area contributed by atoms with Crippen molar-refractivity contribution in [1.82, 2.24) is 5.32 Å². The number of hydrogen-bond acceptors (Lipinski definition) is 3. The first-order valence-electron chi connectivity index (χ1n) is 7.34. The highest BCUT2D eigenvalue weighted by Crippen LogP contribution is 2.25. The van der Waals surface area contributed by atoms with Gasteiger partial charge < -0.3 is 10.4 Å². The number of benzene rings is 1. The minimum Gasteiger partial charge on any atom is -0.396 e. The molecule has 0 aliphatic heterocycles. The highest BCUT2D eigenvalue weighted by atomic mass is 32.2. The summed E-state index contributed by atoms with van der Waals surface area (Å²) >= 11 is 1.90. The number of rotatable bonds is 7. The third kappa shape index (κ3) is 5.47. The molecule has 1 aromatic carbocycles. The summed E-state index contributed by atoms with van der Waals surface area (Å²) in [5.74, 6) is 2.42. The van der Waals surface area contributed by atoms with E-state index in [-0.39, 0.29) is 12.0 Å². The summed E-state index contributed by atoms with van der Waals surface area (Å²) in [6.45, 7) is 9.08. The molecule has 1 rings (SSSR count). The largest absolute Gasteiger partial charge is 0.396 e. The van der Waals surface area contributed by atoms with Gasteiger partial charge in [-0.3, -0.25) is 0 Å². The van der Waals surface area contributed by atoms with E-state index in [0.717, 1.165) is 11.5 Å². The summed E-state index contributed by atoms with van der Waals surface area (Å²) in [7, 11) is 2.01. The second-order valence-corrected chi connectivity index (χ2v) is 7.61. The van der Waals surface area contributed by atoms with Crippen LogP contribution in [0.4, 0.5) is 0 Å². The number of aliphatic hydroxyl groups is 1. The Labute approximate surface area is 128 Å². The van der Waals surface area contributed by atoms with Gasteiger partial charge in [-0.2, -0.15) is 11.8 Å². The Bertz CT molecular complexity index is 383. The van der Waals surface area contributed by atoms with E-state index in [4.69, 9.17) is 5.11 Å². The van der Waals surface area contributed by atoms with Crippen LogP contribution in [0.3, 0.4) is 0 Å². The number of aliphatic hydroxyl groups excluding tert-OH is 1. The summed E-state index contributed by atoms with van der Waals surface area (Å²) in [5, 5.41) is 12.4. The Hall–Kier alpha value is -0.510. The Kier molecular flexibility index (Phi) is 7.07. The van der Waals surface area contributed by atoms with E-state index in [0.29, 0.717) is 12.0 Å². The standard InChI is InChI=1S/C17H29NOS/c1-13(10-19)11-20-12-16(18-5)14-6-8-15(9-7-14)17(2,3)4/h6-9,13,16,18-19H,10-12H2,1-5H3. The zero-order chi connectivity index (χ0) is 15.2. The molecule has 2 N–H and O–H groups in total. The van der Waals surface area contributed by atoms with E-state index in [1.54, 1.807) is 0 Å². The second-order valence-electron chi connectivity index (χ2n) is 6.54. The van der Waals surface area contributed by atoms with Gasteiger partial charge in [0.2, 0.25) is 0 Å². The van der Waals surface area contributed by atoms with Gasteiger partial charge >= 0.3 is 0 Å². The van der Waals surface area contributed by atoms with E-state index in [1.165, 1.54) is 11.1 Å². The minimum atomic E-state index is 0.207. The van der Waals surface area contributed by atoms with Crippen molar-refractivity contribution < 1.29 is 5.11 Å². The maximum Gasteiger partial charge on any atom is 0.0464 e. The molecule has 0 spiro atoms. The molecule has 0 heterocycles. The molecule has 0 amide bonds. The zero-order valence-electron chi connectivity index (χ0n) is 13.4. The molecule has 1 aromatic rings. The number of hydrogen-bond donors (Lipinski definition) is 2. The normalized spacial score (nSPS) is 15.1. The molecule has 0 saturated carbocycles. The smallest absolute Gasteiger partial charge is 0.0464 e. The van der Waals surface area contributed by atoms with Crippen molar-refractivity contribution >= 4 is 11.8 Å². The van der Waals surface area contributed by atoms with Gasteiger partial charge in [0.05, 0.1) is 0 Å². The zero-order valence-corrected chi connectivity index (χ0v) is 14.3. The Balaban J connectivity index is 2.61. The molecule has 2 nitrogen and oxygen atoms in total. The Morgan fingerprint density at radius 2 is 1.75 bits per heavy atom. The van der Waals surface area contributed by atoms with Crippen molar-refractivity contribution in [3.63, 3.8) is 0 Å². The van der Waals surface area contributed by atoms with Crippen molar-refractivity contribution in [2.45, 2.75) is 39.2 Å². The molecular formula is C17H29NOS. The van der Waals surface area contributed by atoms with Gasteiger partial charge in [-0.05, 0) is 35.3 Å². The van der Waals surface area contributed by atoms with Crippen LogP contribution in [0.1, 0.15) is 44.9 Å². The van der Waals surface area contributed by atoms with Crippen molar-refractivity contribution in [3.8, 4) is 0 Å². The molecule has 20 heavy (non-hydrogen) atoms. The third-order valence-corrected chi connectivity index (χ3v) is 4.90. The number of nitrogens with one attached hydrogen (secondary N) is 1. The molecule has 2 unspecified atom stereocenters. The van der Waals surface area contributed by atoms with Crippen molar-refractivity contribution in [2.75, 3.05) is 25.2 Å². The SMILES string of the molecule is CNC(CSCC(C)CO)c1ccc(C(C)(C)C)cc1. The van der Waals surface area contributed by atoms with Crippen molar-refractivity contribution in [3.05, 3.63) is 35.4 Å². The fraction of sp³-hybridized carbons (Fsp3) is 0.647. The summed E-state index contributed by atoms with van der Waals surface area (Å²) < 4.78 is 0. The van der Waals surface area contributed by atoms with Crippen LogP contribution in [0.2, 0.25) is 0 Å². The lowest BCUT2D eigenvalue weighted by Gasteiger charge is -2.21. The van der Waals surface area contributed by atoms with Crippen molar-refractivity contribution in [2.24, 2.45) is 5.92 Å². The molecule has 0 bridgehead atoms. The van der Waals surface area contributed by atoms with Crippen molar-refractivity contribution in [1.29, 1.82) is 0 Å². The van der Waals surface area contributed by atoms with Gasteiger partial charge in [-0.1, -0.05) is 52.0 Å². The predicted molar refractivity (Wildman–Crippen MR) is 90.5 cm³/mol. The average molecular weight is 295 g/mol. The van der Waals surface area contributed by atoms with Crippen LogP contribution < -0.4 is 5.32 Å². The fourth-order valence-electron chi connectivity index (χ4n) is 2.00. The van der Waals surface area contributed by atoms with Crippen LogP contribution >= 0.6 is 11.8 Å². The maximum absolute atomic E-state index is 9.05. The molecule has 114 valence electrons. The monoisotopic (exact) mass is 295 g/mol. The van der Waals surface area contributed by atoms with E-state index in [1.807, 2.05) is 18.8 Å². The lowest BCUT2D eigenvalue weighted by molar-refractivity contribution is 0.250. The molecule has 0 saturated heterocycles. The molecular weight excluding hydrogens is 266 g/mol. The van der Waals surface area contributed by atoms with Gasteiger partial charge in [0, 0.05) is 18.4 Å². The lowest BCUT2D eigenvalue weighted by atomic mass is 9.86. The van der Waals surface area contributed by atoms with E-state index in [9.17, 15) is 0 Å². The van der Waals surface area contributed by atoms with Crippen LogP contribution in [0.25, 0.3) is 0 Å². The number of thioether (sulfide) groups is 1. The molecule has 0 fully saturated rings. The molecule has 0 aliphatic carbocycles. The van der Waals surface area contributed by atoms with Crippen LogP contribution in [-0.4, -0.2) is 30.3 Å². The molecule has 0 radical (unpaired) electrons. The highest BCUT2D eigenvalue weighted by molar-refractivity contribution is 7.99. The highest BCUT2D eigenvalue weighted by Gasteiger charge is 2.15. The van der Waals surface area contributed by atoms with Crippen LogP contribution in [-0.2, 0) is 5.41 Å². The van der Waals surface area contributed by atoms with E-state index >= 15 is 0 Å². The third-order valence-electron chi connectivity index (χ3n) is 3.53. The first-order chi connectivity index (χ1) is 9.38. The van der Waals surface area contributed by atoms with Gasteiger partial charge in [0.1, 0.15) is 0 Å².